The highest BCUT2D eigenvalue weighted by Crippen LogP contribution is 2.20. The lowest BCUT2D eigenvalue weighted by Crippen LogP contribution is -1.98. The minimum Gasteiger partial charge on any atom is -0.368 e. The molecule has 0 unspecified atom stereocenters. The van der Waals surface area contributed by atoms with E-state index in [2.05, 4.69) is 9.97 Å². The zero-order valence-corrected chi connectivity index (χ0v) is 9.16. The summed E-state index contributed by atoms with van der Waals surface area (Å²) < 4.78 is 13.4. The number of aromatic nitrogens is 2. The number of rotatable bonds is 1. The van der Waals surface area contributed by atoms with Crippen LogP contribution in [0.4, 0.5) is 10.3 Å². The van der Waals surface area contributed by atoms with Crippen LogP contribution in [0.1, 0.15) is 11.3 Å². The first-order chi connectivity index (χ1) is 7.56. The monoisotopic (exact) mass is 217 g/mol. The first kappa shape index (κ1) is 10.5. The summed E-state index contributed by atoms with van der Waals surface area (Å²) in [4.78, 5) is 8.05. The fraction of sp³-hybridized carbons (Fsp3) is 0.167. The van der Waals surface area contributed by atoms with Crippen molar-refractivity contribution in [3.8, 4) is 11.3 Å². The molecule has 0 spiro atoms. The minimum atomic E-state index is -0.243. The number of halogens is 1. The van der Waals surface area contributed by atoms with Crippen LogP contribution in [-0.4, -0.2) is 9.97 Å². The minimum absolute atomic E-state index is 0.205. The van der Waals surface area contributed by atoms with Gasteiger partial charge in [-0.1, -0.05) is 12.1 Å². The lowest BCUT2D eigenvalue weighted by molar-refractivity contribution is 0.619. The smallest absolute Gasteiger partial charge is 0.220 e. The van der Waals surface area contributed by atoms with Gasteiger partial charge < -0.3 is 5.73 Å². The van der Waals surface area contributed by atoms with Crippen LogP contribution in [0.3, 0.4) is 0 Å². The maximum Gasteiger partial charge on any atom is 0.220 e. The van der Waals surface area contributed by atoms with Gasteiger partial charge in [0.15, 0.2) is 0 Å². The van der Waals surface area contributed by atoms with E-state index in [0.717, 1.165) is 5.69 Å². The molecule has 82 valence electrons. The summed E-state index contributed by atoms with van der Waals surface area (Å²) in [7, 11) is 0. The third-order valence-electron chi connectivity index (χ3n) is 2.34. The van der Waals surface area contributed by atoms with E-state index >= 15 is 0 Å². The fourth-order valence-corrected chi connectivity index (χ4v) is 1.49. The van der Waals surface area contributed by atoms with E-state index in [-0.39, 0.29) is 11.8 Å². The number of hydrogen-bond donors (Lipinski definition) is 1. The molecule has 0 amide bonds. The molecule has 0 atom stereocenters. The number of nitrogen functional groups attached to an aromatic ring is 1. The number of benzene rings is 1. The van der Waals surface area contributed by atoms with Crippen molar-refractivity contribution < 1.29 is 4.39 Å². The molecule has 0 saturated carbocycles. The molecule has 1 heterocycles. The summed E-state index contributed by atoms with van der Waals surface area (Å²) in [5, 5.41) is 0. The molecule has 4 heteroatoms. The normalized spacial score (nSPS) is 10.4. The number of anilines is 1. The maximum absolute atomic E-state index is 13.4. The Bertz CT molecular complexity index is 518. The Hall–Kier alpha value is -1.97. The highest BCUT2D eigenvalue weighted by molar-refractivity contribution is 5.61. The Morgan fingerprint density at radius 1 is 1.12 bits per heavy atom. The molecule has 0 aliphatic carbocycles. The quantitative estimate of drug-likeness (QED) is 0.798. The van der Waals surface area contributed by atoms with E-state index < -0.39 is 0 Å². The van der Waals surface area contributed by atoms with Crippen LogP contribution in [0.25, 0.3) is 11.3 Å². The van der Waals surface area contributed by atoms with Gasteiger partial charge in [0.05, 0.1) is 5.69 Å². The second kappa shape index (κ2) is 3.89. The predicted octanol–water partition coefficient (Wildman–Crippen LogP) is 2.48. The van der Waals surface area contributed by atoms with Crippen LogP contribution in [0.5, 0.6) is 0 Å². The van der Waals surface area contributed by atoms with Crippen LogP contribution in [-0.2, 0) is 0 Å². The molecule has 0 radical (unpaired) electrons. The van der Waals surface area contributed by atoms with Gasteiger partial charge in [-0.2, -0.15) is 0 Å². The van der Waals surface area contributed by atoms with Gasteiger partial charge in [0.1, 0.15) is 5.82 Å². The lowest BCUT2D eigenvalue weighted by Gasteiger charge is -2.04. The molecule has 2 N–H and O–H groups in total. The van der Waals surface area contributed by atoms with Crippen LogP contribution >= 0.6 is 0 Å². The van der Waals surface area contributed by atoms with Gasteiger partial charge in [-0.3, -0.25) is 0 Å². The summed E-state index contributed by atoms with van der Waals surface area (Å²) in [6.45, 7) is 3.55. The lowest BCUT2D eigenvalue weighted by atomic mass is 10.1. The SMILES string of the molecule is Cc1cc(-c2ccc(C)c(F)c2)nc(N)n1. The molecular weight excluding hydrogens is 205 g/mol. The van der Waals surface area contributed by atoms with Crippen molar-refractivity contribution in [2.45, 2.75) is 13.8 Å². The molecule has 0 saturated heterocycles. The Morgan fingerprint density at radius 2 is 1.88 bits per heavy atom. The van der Waals surface area contributed by atoms with Gasteiger partial charge in [0, 0.05) is 11.3 Å². The van der Waals surface area contributed by atoms with Crippen molar-refractivity contribution in [1.82, 2.24) is 9.97 Å². The summed E-state index contributed by atoms with van der Waals surface area (Å²) in [6, 6.07) is 6.77. The van der Waals surface area contributed by atoms with Crippen molar-refractivity contribution in [3.05, 3.63) is 41.3 Å². The van der Waals surface area contributed by atoms with Gasteiger partial charge in [0.25, 0.3) is 0 Å². The van der Waals surface area contributed by atoms with Gasteiger partial charge in [0.2, 0.25) is 5.95 Å². The highest BCUT2D eigenvalue weighted by atomic mass is 19.1. The molecule has 1 aromatic carbocycles. The molecule has 2 rings (SSSR count). The second-order valence-corrected chi connectivity index (χ2v) is 3.72. The second-order valence-electron chi connectivity index (χ2n) is 3.72. The zero-order chi connectivity index (χ0) is 11.7. The molecule has 0 aliphatic heterocycles. The molecule has 16 heavy (non-hydrogen) atoms. The van der Waals surface area contributed by atoms with Crippen molar-refractivity contribution >= 4 is 5.95 Å². The van der Waals surface area contributed by atoms with Crippen LogP contribution in [0, 0.1) is 19.7 Å². The van der Waals surface area contributed by atoms with Crippen molar-refractivity contribution in [1.29, 1.82) is 0 Å². The van der Waals surface area contributed by atoms with E-state index in [9.17, 15) is 4.39 Å². The first-order valence-corrected chi connectivity index (χ1v) is 4.94. The third-order valence-corrected chi connectivity index (χ3v) is 2.34. The highest BCUT2D eigenvalue weighted by Gasteiger charge is 2.05. The van der Waals surface area contributed by atoms with Crippen molar-refractivity contribution in [2.75, 3.05) is 5.73 Å². The summed E-state index contributed by atoms with van der Waals surface area (Å²) in [5.74, 6) is -0.0386. The molecule has 2 aromatic rings. The van der Waals surface area contributed by atoms with Gasteiger partial charge in [-0.25, -0.2) is 14.4 Å². The Morgan fingerprint density at radius 3 is 2.50 bits per heavy atom. The maximum atomic E-state index is 13.4. The van der Waals surface area contributed by atoms with Crippen LogP contribution < -0.4 is 5.73 Å². The largest absolute Gasteiger partial charge is 0.368 e. The third kappa shape index (κ3) is 2.00. The van der Waals surface area contributed by atoms with Crippen LogP contribution in [0.2, 0.25) is 0 Å². The van der Waals surface area contributed by atoms with Gasteiger partial charge >= 0.3 is 0 Å². The summed E-state index contributed by atoms with van der Waals surface area (Å²) >= 11 is 0. The number of nitrogens with two attached hydrogens (primary N) is 1. The Labute approximate surface area is 93.2 Å². The summed E-state index contributed by atoms with van der Waals surface area (Å²) in [6.07, 6.45) is 0. The molecular formula is C12H12FN3. The molecule has 1 aromatic heterocycles. The van der Waals surface area contributed by atoms with Gasteiger partial charge in [-0.05, 0) is 31.5 Å². The molecule has 0 aliphatic rings. The van der Waals surface area contributed by atoms with Crippen molar-refractivity contribution in [2.24, 2.45) is 0 Å². The van der Waals surface area contributed by atoms with E-state index in [1.54, 1.807) is 19.1 Å². The van der Waals surface area contributed by atoms with E-state index in [1.165, 1.54) is 6.07 Å². The molecule has 0 fully saturated rings. The number of hydrogen-bond acceptors (Lipinski definition) is 3. The van der Waals surface area contributed by atoms with E-state index in [1.807, 2.05) is 13.0 Å². The standard InChI is InChI=1S/C12H12FN3/c1-7-3-4-9(6-10(7)13)11-5-8(2)15-12(14)16-11/h3-6H,1-2H3,(H2,14,15,16). The zero-order valence-electron chi connectivity index (χ0n) is 9.16. The Balaban J connectivity index is 2.54. The first-order valence-electron chi connectivity index (χ1n) is 4.94. The molecule has 3 nitrogen and oxygen atoms in total. The van der Waals surface area contributed by atoms with E-state index in [4.69, 9.17) is 5.73 Å². The van der Waals surface area contributed by atoms with E-state index in [0.29, 0.717) is 16.8 Å². The Kier molecular flexibility index (Phi) is 2.56. The summed E-state index contributed by atoms with van der Waals surface area (Å²) in [5.41, 5.74) is 8.28. The average Bonchev–Trinajstić information content (AvgIpc) is 2.20. The van der Waals surface area contributed by atoms with Gasteiger partial charge in [-0.15, -0.1) is 0 Å². The number of aryl methyl sites for hydroxylation is 2. The number of nitrogens with zero attached hydrogens (tertiary/aromatic N) is 2. The fourth-order valence-electron chi connectivity index (χ4n) is 1.49. The van der Waals surface area contributed by atoms with Crippen LogP contribution in [0.15, 0.2) is 24.3 Å². The predicted molar refractivity (Wildman–Crippen MR) is 61.3 cm³/mol. The molecule has 0 bridgehead atoms. The topological polar surface area (TPSA) is 51.8 Å². The average molecular weight is 217 g/mol. The van der Waals surface area contributed by atoms with Crippen molar-refractivity contribution in [3.63, 3.8) is 0 Å².